The van der Waals surface area contributed by atoms with Crippen LogP contribution in [-0.2, 0) is 16.0 Å². The second-order valence-electron chi connectivity index (χ2n) is 7.70. The van der Waals surface area contributed by atoms with Crippen LogP contribution in [0.5, 0.6) is 5.75 Å². The van der Waals surface area contributed by atoms with Gasteiger partial charge in [-0.05, 0) is 60.5 Å². The molecule has 0 spiro atoms. The first-order valence-corrected chi connectivity index (χ1v) is 11.1. The Morgan fingerprint density at radius 3 is 2.73 bits per heavy atom. The van der Waals surface area contributed by atoms with Crippen LogP contribution >= 0.6 is 11.3 Å². The van der Waals surface area contributed by atoms with Gasteiger partial charge in [0.2, 0.25) is 11.8 Å². The molecule has 1 fully saturated rings. The standard InChI is InChI=1S/C23H25FN2O3S/c1-2-11-25(23(28)16-3-4-16)14-22(27)26-12-9-21-19(10-13-30-21)20(26)15-29-18-7-5-17(24)6-8-18/h2,5-8,10,13,16,20H,1,3-4,9,11-12,14-15H2/t20-/m1/s1. The van der Waals surface area contributed by atoms with Crippen LogP contribution in [0.2, 0.25) is 0 Å². The Bertz CT molecular complexity index is 923. The van der Waals surface area contributed by atoms with Gasteiger partial charge in [0.05, 0.1) is 6.04 Å². The molecule has 0 bridgehead atoms. The van der Waals surface area contributed by atoms with Crippen molar-refractivity contribution in [3.63, 3.8) is 0 Å². The zero-order chi connectivity index (χ0) is 21.1. The maximum absolute atomic E-state index is 13.2. The number of nitrogens with zero attached hydrogens (tertiary/aromatic N) is 2. The average Bonchev–Trinajstić information content (AvgIpc) is 3.49. The minimum Gasteiger partial charge on any atom is -0.491 e. The molecule has 1 aliphatic heterocycles. The summed E-state index contributed by atoms with van der Waals surface area (Å²) in [6.07, 6.45) is 4.26. The molecule has 4 rings (SSSR count). The van der Waals surface area contributed by atoms with Crippen molar-refractivity contribution in [3.8, 4) is 5.75 Å². The first-order chi connectivity index (χ1) is 14.6. The van der Waals surface area contributed by atoms with E-state index in [4.69, 9.17) is 4.74 Å². The first-order valence-electron chi connectivity index (χ1n) is 10.2. The zero-order valence-corrected chi connectivity index (χ0v) is 17.6. The van der Waals surface area contributed by atoms with Crippen LogP contribution in [-0.4, -0.2) is 47.9 Å². The molecule has 1 aliphatic carbocycles. The summed E-state index contributed by atoms with van der Waals surface area (Å²) in [7, 11) is 0. The highest BCUT2D eigenvalue weighted by atomic mass is 32.1. The molecule has 2 heterocycles. The van der Waals surface area contributed by atoms with Gasteiger partial charge in [-0.1, -0.05) is 6.08 Å². The van der Waals surface area contributed by atoms with Gasteiger partial charge < -0.3 is 14.5 Å². The molecule has 0 radical (unpaired) electrons. The van der Waals surface area contributed by atoms with Gasteiger partial charge in [0.1, 0.15) is 24.7 Å². The van der Waals surface area contributed by atoms with E-state index < -0.39 is 0 Å². The van der Waals surface area contributed by atoms with Crippen molar-refractivity contribution < 1.29 is 18.7 Å². The quantitative estimate of drug-likeness (QED) is 0.601. The second-order valence-corrected chi connectivity index (χ2v) is 8.70. The largest absolute Gasteiger partial charge is 0.491 e. The molecule has 2 amide bonds. The van der Waals surface area contributed by atoms with Crippen LogP contribution in [0, 0.1) is 11.7 Å². The maximum Gasteiger partial charge on any atom is 0.242 e. The molecule has 30 heavy (non-hydrogen) atoms. The Kier molecular flexibility index (Phi) is 6.18. The lowest BCUT2D eigenvalue weighted by atomic mass is 10.0. The van der Waals surface area contributed by atoms with Crippen LogP contribution in [0.1, 0.15) is 29.3 Å². The highest BCUT2D eigenvalue weighted by Crippen LogP contribution is 2.35. The summed E-state index contributed by atoms with van der Waals surface area (Å²) >= 11 is 1.68. The number of carbonyl (C=O) groups is 2. The molecule has 158 valence electrons. The van der Waals surface area contributed by atoms with Gasteiger partial charge in [0.25, 0.3) is 0 Å². The SMILES string of the molecule is C=CCN(CC(=O)N1CCc2sccc2[C@H]1COc1ccc(F)cc1)C(=O)C1CC1. The lowest BCUT2D eigenvalue weighted by Gasteiger charge is -2.37. The number of halogens is 1. The molecule has 1 atom stereocenters. The topological polar surface area (TPSA) is 49.9 Å². The molecule has 2 aliphatic rings. The van der Waals surface area contributed by atoms with Crippen molar-refractivity contribution in [2.24, 2.45) is 5.92 Å². The smallest absolute Gasteiger partial charge is 0.242 e. The van der Waals surface area contributed by atoms with Crippen LogP contribution < -0.4 is 4.74 Å². The number of thiophene rings is 1. The number of rotatable bonds is 8. The fourth-order valence-electron chi connectivity index (χ4n) is 3.81. The normalized spacial score (nSPS) is 17.9. The van der Waals surface area contributed by atoms with Crippen molar-refractivity contribution in [2.75, 3.05) is 26.2 Å². The third-order valence-electron chi connectivity index (χ3n) is 5.55. The molecule has 0 saturated heterocycles. The number of hydrogen-bond acceptors (Lipinski definition) is 4. The van der Waals surface area contributed by atoms with Crippen LogP contribution in [0.3, 0.4) is 0 Å². The lowest BCUT2D eigenvalue weighted by molar-refractivity contribution is -0.142. The van der Waals surface area contributed by atoms with E-state index in [0.717, 1.165) is 24.8 Å². The minimum atomic E-state index is -0.320. The van der Waals surface area contributed by atoms with Gasteiger partial charge in [-0.25, -0.2) is 4.39 Å². The van der Waals surface area contributed by atoms with Gasteiger partial charge in [-0.3, -0.25) is 9.59 Å². The molecule has 2 aromatic rings. The van der Waals surface area contributed by atoms with Crippen LogP contribution in [0.25, 0.3) is 0 Å². The predicted octanol–water partition coefficient (Wildman–Crippen LogP) is 3.82. The van der Waals surface area contributed by atoms with E-state index in [1.54, 1.807) is 34.4 Å². The lowest BCUT2D eigenvalue weighted by Crippen LogP contribution is -2.48. The molecule has 1 saturated carbocycles. The Morgan fingerprint density at radius 1 is 1.27 bits per heavy atom. The molecular formula is C23H25FN2O3S. The predicted molar refractivity (Wildman–Crippen MR) is 114 cm³/mol. The third kappa shape index (κ3) is 4.56. The number of benzene rings is 1. The van der Waals surface area contributed by atoms with E-state index in [9.17, 15) is 14.0 Å². The fraction of sp³-hybridized carbons (Fsp3) is 0.391. The van der Waals surface area contributed by atoms with Crippen molar-refractivity contribution in [2.45, 2.75) is 25.3 Å². The summed E-state index contributed by atoms with van der Waals surface area (Å²) in [6.45, 7) is 5.01. The molecule has 5 nitrogen and oxygen atoms in total. The summed E-state index contributed by atoms with van der Waals surface area (Å²) in [4.78, 5) is 30.4. The van der Waals surface area contributed by atoms with Crippen molar-refractivity contribution >= 4 is 23.2 Å². The first kappa shape index (κ1) is 20.6. The molecule has 1 aromatic carbocycles. The number of hydrogen-bond donors (Lipinski definition) is 0. The molecule has 0 unspecified atom stereocenters. The van der Waals surface area contributed by atoms with Crippen LogP contribution in [0.4, 0.5) is 4.39 Å². The minimum absolute atomic E-state index is 0.0376. The Balaban J connectivity index is 1.49. The maximum atomic E-state index is 13.2. The summed E-state index contributed by atoms with van der Waals surface area (Å²) in [6, 6.07) is 7.67. The number of fused-ring (bicyclic) bond motifs is 1. The summed E-state index contributed by atoms with van der Waals surface area (Å²) < 4.78 is 19.1. The van der Waals surface area contributed by atoms with E-state index in [0.29, 0.717) is 18.8 Å². The number of carbonyl (C=O) groups excluding carboxylic acids is 2. The fourth-order valence-corrected chi connectivity index (χ4v) is 4.74. The second kappa shape index (κ2) is 9.00. The van der Waals surface area contributed by atoms with Crippen molar-refractivity contribution in [1.29, 1.82) is 0 Å². The van der Waals surface area contributed by atoms with E-state index in [1.807, 2.05) is 16.3 Å². The van der Waals surface area contributed by atoms with Gasteiger partial charge in [-0.15, -0.1) is 17.9 Å². The van der Waals surface area contributed by atoms with Gasteiger partial charge in [-0.2, -0.15) is 0 Å². The van der Waals surface area contributed by atoms with E-state index >= 15 is 0 Å². The number of amides is 2. The molecule has 1 aromatic heterocycles. The van der Waals surface area contributed by atoms with Crippen molar-refractivity contribution in [3.05, 3.63) is 64.6 Å². The summed E-state index contributed by atoms with van der Waals surface area (Å²) in [5, 5.41) is 2.03. The van der Waals surface area contributed by atoms with Gasteiger partial charge in [0, 0.05) is 23.9 Å². The van der Waals surface area contributed by atoms with Gasteiger partial charge >= 0.3 is 0 Å². The van der Waals surface area contributed by atoms with E-state index in [-0.39, 0.29) is 42.7 Å². The Labute approximate surface area is 179 Å². The summed E-state index contributed by atoms with van der Waals surface area (Å²) in [5.74, 6) is 0.245. The molecule has 0 N–H and O–H groups in total. The Morgan fingerprint density at radius 2 is 2.03 bits per heavy atom. The Hall–Kier alpha value is -2.67. The highest BCUT2D eigenvalue weighted by Gasteiger charge is 2.36. The van der Waals surface area contributed by atoms with E-state index in [2.05, 4.69) is 6.58 Å². The monoisotopic (exact) mass is 428 g/mol. The molecule has 7 heteroatoms. The van der Waals surface area contributed by atoms with Crippen LogP contribution in [0.15, 0.2) is 48.4 Å². The number of ether oxygens (including phenoxy) is 1. The highest BCUT2D eigenvalue weighted by molar-refractivity contribution is 7.10. The van der Waals surface area contributed by atoms with Crippen molar-refractivity contribution in [1.82, 2.24) is 9.80 Å². The summed E-state index contributed by atoms with van der Waals surface area (Å²) in [5.41, 5.74) is 1.09. The van der Waals surface area contributed by atoms with Gasteiger partial charge in [0.15, 0.2) is 0 Å². The third-order valence-corrected chi connectivity index (χ3v) is 6.55. The van der Waals surface area contributed by atoms with E-state index in [1.165, 1.54) is 17.0 Å². The average molecular weight is 429 g/mol. The molecular weight excluding hydrogens is 403 g/mol. The zero-order valence-electron chi connectivity index (χ0n) is 16.8.